The minimum absolute atomic E-state index is 0.00139. The van der Waals surface area contributed by atoms with Gasteiger partial charge in [0.05, 0.1) is 19.4 Å². The zero-order chi connectivity index (χ0) is 12.8. The Morgan fingerprint density at radius 3 is 3.11 bits per heavy atom. The van der Waals surface area contributed by atoms with E-state index in [1.165, 1.54) is 0 Å². The molecule has 18 heavy (non-hydrogen) atoms. The minimum atomic E-state index is -0.217. The lowest BCUT2D eigenvalue weighted by Gasteiger charge is -2.14. The molecule has 2 aromatic rings. The third kappa shape index (κ3) is 3.65. The Hall–Kier alpha value is -2.24. The predicted octanol–water partition coefficient (Wildman–Crippen LogP) is 1.36. The molecule has 96 valence electrons. The number of rotatable bonds is 5. The lowest BCUT2D eigenvalue weighted by Crippen LogP contribution is -2.42. The number of amides is 2. The molecular weight excluding hydrogens is 232 g/mol. The zero-order valence-corrected chi connectivity index (χ0v) is 10.2. The van der Waals surface area contributed by atoms with Gasteiger partial charge in [0, 0.05) is 18.4 Å². The molecule has 2 N–H and O–H groups in total. The third-order valence-electron chi connectivity index (χ3n) is 2.40. The average molecular weight is 248 g/mol. The first-order chi connectivity index (χ1) is 8.74. The van der Waals surface area contributed by atoms with Crippen LogP contribution in [0.15, 0.2) is 41.3 Å². The van der Waals surface area contributed by atoms with Crippen LogP contribution < -0.4 is 10.6 Å². The van der Waals surface area contributed by atoms with E-state index in [-0.39, 0.29) is 12.1 Å². The molecule has 0 aliphatic carbocycles. The highest BCUT2D eigenvalue weighted by Crippen LogP contribution is 1.98. The number of urea groups is 1. The molecule has 2 aromatic heterocycles. The fraction of sp³-hybridized carbons (Fsp3) is 0.333. The number of nitrogens with zero attached hydrogens (tertiary/aromatic N) is 2. The Labute approximate surface area is 105 Å². The Kier molecular flexibility index (Phi) is 4.01. The maximum absolute atomic E-state index is 11.6. The van der Waals surface area contributed by atoms with Crippen molar-refractivity contribution in [3.8, 4) is 0 Å². The second kappa shape index (κ2) is 5.90. The van der Waals surface area contributed by atoms with E-state index in [0.717, 1.165) is 5.76 Å². The van der Waals surface area contributed by atoms with E-state index in [4.69, 9.17) is 4.42 Å². The second-order valence-corrected chi connectivity index (χ2v) is 4.04. The van der Waals surface area contributed by atoms with E-state index < -0.39 is 0 Å². The summed E-state index contributed by atoms with van der Waals surface area (Å²) >= 11 is 0. The SMILES string of the molecule is C[C@@H](Cn1cccn1)NC(=O)NCc1ccco1. The van der Waals surface area contributed by atoms with Crippen molar-refractivity contribution < 1.29 is 9.21 Å². The molecule has 6 heteroatoms. The first kappa shape index (κ1) is 12.2. The highest BCUT2D eigenvalue weighted by Gasteiger charge is 2.08. The topological polar surface area (TPSA) is 72.1 Å². The molecule has 0 radical (unpaired) electrons. The van der Waals surface area contributed by atoms with E-state index in [1.807, 2.05) is 25.3 Å². The Balaban J connectivity index is 1.70. The fourth-order valence-corrected chi connectivity index (χ4v) is 1.59. The summed E-state index contributed by atoms with van der Waals surface area (Å²) in [6, 6.07) is 5.24. The summed E-state index contributed by atoms with van der Waals surface area (Å²) in [6.45, 7) is 2.95. The van der Waals surface area contributed by atoms with E-state index in [0.29, 0.717) is 13.1 Å². The standard InChI is InChI=1S/C12H16N4O2/c1-10(9-16-6-3-5-14-16)15-12(17)13-8-11-4-2-7-18-11/h2-7,10H,8-9H2,1H3,(H2,13,15,17)/t10-/m0/s1. The molecule has 0 bridgehead atoms. The van der Waals surface area contributed by atoms with Gasteiger partial charge in [0.15, 0.2) is 0 Å². The van der Waals surface area contributed by atoms with Crippen molar-refractivity contribution in [2.24, 2.45) is 0 Å². The Morgan fingerprint density at radius 1 is 1.56 bits per heavy atom. The Bertz CT molecular complexity index is 464. The predicted molar refractivity (Wildman–Crippen MR) is 65.8 cm³/mol. The van der Waals surface area contributed by atoms with Gasteiger partial charge in [-0.1, -0.05) is 0 Å². The largest absolute Gasteiger partial charge is 0.467 e. The maximum Gasteiger partial charge on any atom is 0.315 e. The molecule has 0 saturated carbocycles. The van der Waals surface area contributed by atoms with Crippen molar-refractivity contribution in [3.63, 3.8) is 0 Å². The van der Waals surface area contributed by atoms with Gasteiger partial charge < -0.3 is 15.1 Å². The average Bonchev–Trinajstić information content (AvgIpc) is 2.98. The minimum Gasteiger partial charge on any atom is -0.467 e. The number of hydrogen-bond acceptors (Lipinski definition) is 3. The van der Waals surface area contributed by atoms with Gasteiger partial charge in [-0.3, -0.25) is 4.68 Å². The van der Waals surface area contributed by atoms with Gasteiger partial charge in [-0.15, -0.1) is 0 Å². The van der Waals surface area contributed by atoms with Gasteiger partial charge >= 0.3 is 6.03 Å². The van der Waals surface area contributed by atoms with Crippen molar-refractivity contribution in [3.05, 3.63) is 42.6 Å². The molecule has 0 aliphatic heterocycles. The molecule has 1 atom stereocenters. The summed E-state index contributed by atoms with van der Waals surface area (Å²) in [6.07, 6.45) is 5.15. The number of carbonyl (C=O) groups is 1. The van der Waals surface area contributed by atoms with Gasteiger partial charge in [-0.05, 0) is 25.1 Å². The molecule has 2 amide bonds. The van der Waals surface area contributed by atoms with Crippen LogP contribution in [0.4, 0.5) is 4.79 Å². The van der Waals surface area contributed by atoms with Gasteiger partial charge in [-0.2, -0.15) is 5.10 Å². The van der Waals surface area contributed by atoms with E-state index >= 15 is 0 Å². The summed E-state index contributed by atoms with van der Waals surface area (Å²) in [5.74, 6) is 0.727. The van der Waals surface area contributed by atoms with Crippen LogP contribution in [-0.2, 0) is 13.1 Å². The molecule has 0 spiro atoms. The van der Waals surface area contributed by atoms with E-state index in [9.17, 15) is 4.79 Å². The summed E-state index contributed by atoms with van der Waals surface area (Å²) in [5.41, 5.74) is 0. The smallest absolute Gasteiger partial charge is 0.315 e. The number of furan rings is 1. The Morgan fingerprint density at radius 2 is 2.44 bits per heavy atom. The maximum atomic E-state index is 11.6. The third-order valence-corrected chi connectivity index (χ3v) is 2.40. The molecule has 6 nitrogen and oxygen atoms in total. The van der Waals surface area contributed by atoms with Gasteiger partial charge in [0.2, 0.25) is 0 Å². The normalized spacial score (nSPS) is 12.1. The summed E-state index contributed by atoms with van der Waals surface area (Å²) in [7, 11) is 0. The molecule has 2 heterocycles. The molecule has 0 aromatic carbocycles. The summed E-state index contributed by atoms with van der Waals surface area (Å²) in [4.78, 5) is 11.6. The van der Waals surface area contributed by atoms with Crippen LogP contribution in [0.25, 0.3) is 0 Å². The molecule has 0 fully saturated rings. The van der Waals surface area contributed by atoms with Crippen LogP contribution in [0, 0.1) is 0 Å². The first-order valence-electron chi connectivity index (χ1n) is 5.78. The fourth-order valence-electron chi connectivity index (χ4n) is 1.59. The first-order valence-corrected chi connectivity index (χ1v) is 5.78. The van der Waals surface area contributed by atoms with Gasteiger partial charge in [0.1, 0.15) is 5.76 Å². The molecule has 0 unspecified atom stereocenters. The van der Waals surface area contributed by atoms with Gasteiger partial charge in [-0.25, -0.2) is 4.79 Å². The van der Waals surface area contributed by atoms with Crippen molar-refractivity contribution in [1.29, 1.82) is 0 Å². The molecule has 2 rings (SSSR count). The quantitative estimate of drug-likeness (QED) is 0.839. The summed E-state index contributed by atoms with van der Waals surface area (Å²) < 4.78 is 6.89. The lowest BCUT2D eigenvalue weighted by molar-refractivity contribution is 0.235. The number of aromatic nitrogens is 2. The van der Waals surface area contributed by atoms with Crippen LogP contribution in [0.3, 0.4) is 0 Å². The van der Waals surface area contributed by atoms with Crippen LogP contribution in [0.5, 0.6) is 0 Å². The van der Waals surface area contributed by atoms with Crippen molar-refractivity contribution in [2.75, 3.05) is 0 Å². The van der Waals surface area contributed by atoms with Crippen molar-refractivity contribution >= 4 is 6.03 Å². The van der Waals surface area contributed by atoms with Crippen LogP contribution in [0.2, 0.25) is 0 Å². The summed E-state index contributed by atoms with van der Waals surface area (Å²) in [5, 5.41) is 9.63. The highest BCUT2D eigenvalue weighted by atomic mass is 16.3. The second-order valence-electron chi connectivity index (χ2n) is 4.04. The number of nitrogens with one attached hydrogen (secondary N) is 2. The van der Waals surface area contributed by atoms with Crippen LogP contribution >= 0.6 is 0 Å². The molecule has 0 saturated heterocycles. The van der Waals surface area contributed by atoms with E-state index in [1.54, 1.807) is 23.2 Å². The van der Waals surface area contributed by atoms with Crippen LogP contribution in [-0.4, -0.2) is 21.9 Å². The lowest BCUT2D eigenvalue weighted by atomic mass is 10.3. The molecule has 0 aliphatic rings. The van der Waals surface area contributed by atoms with Crippen molar-refractivity contribution in [1.82, 2.24) is 20.4 Å². The van der Waals surface area contributed by atoms with Gasteiger partial charge in [0.25, 0.3) is 0 Å². The monoisotopic (exact) mass is 248 g/mol. The molecular formula is C12H16N4O2. The van der Waals surface area contributed by atoms with Crippen molar-refractivity contribution in [2.45, 2.75) is 26.1 Å². The zero-order valence-electron chi connectivity index (χ0n) is 10.2. The van der Waals surface area contributed by atoms with Crippen LogP contribution in [0.1, 0.15) is 12.7 Å². The highest BCUT2D eigenvalue weighted by molar-refractivity contribution is 5.74. The number of hydrogen-bond donors (Lipinski definition) is 2. The number of carbonyl (C=O) groups excluding carboxylic acids is 1. The van der Waals surface area contributed by atoms with E-state index in [2.05, 4.69) is 15.7 Å².